The molecule has 7 heteroatoms. The first kappa shape index (κ1) is 14.2. The van der Waals surface area contributed by atoms with Gasteiger partial charge in [0.05, 0.1) is 24.3 Å². The molecular formula is C11H8ClF2NO3. The first-order valence-electron chi connectivity index (χ1n) is 4.69. The molecule has 96 valence electrons. The van der Waals surface area contributed by atoms with Gasteiger partial charge in [-0.25, -0.2) is 4.79 Å². The Bertz CT molecular complexity index is 500. The average molecular weight is 276 g/mol. The van der Waals surface area contributed by atoms with Crippen molar-refractivity contribution in [2.24, 2.45) is 0 Å². The molecule has 4 nitrogen and oxygen atoms in total. The lowest BCUT2D eigenvalue weighted by atomic mass is 10.0. The molecule has 0 atom stereocenters. The number of halogens is 3. The van der Waals surface area contributed by atoms with Crippen molar-refractivity contribution in [1.29, 1.82) is 5.26 Å². The molecule has 0 fully saturated rings. The zero-order valence-corrected chi connectivity index (χ0v) is 10.0. The molecule has 0 radical (unpaired) electrons. The van der Waals surface area contributed by atoms with Gasteiger partial charge in [-0.15, -0.1) is 11.6 Å². The molecule has 0 saturated heterocycles. The van der Waals surface area contributed by atoms with Crippen molar-refractivity contribution in [3.8, 4) is 11.8 Å². The van der Waals surface area contributed by atoms with Crippen LogP contribution in [0.25, 0.3) is 0 Å². The van der Waals surface area contributed by atoms with Gasteiger partial charge in [0.15, 0.2) is 0 Å². The fourth-order valence-electron chi connectivity index (χ4n) is 1.35. The number of ether oxygens (including phenoxy) is 2. The quantitative estimate of drug-likeness (QED) is 0.626. The summed E-state index contributed by atoms with van der Waals surface area (Å²) in [5, 5.41) is 8.88. The summed E-state index contributed by atoms with van der Waals surface area (Å²) in [6, 6.07) is 3.92. The number of esters is 1. The van der Waals surface area contributed by atoms with Gasteiger partial charge in [0.1, 0.15) is 5.75 Å². The average Bonchev–Trinajstić information content (AvgIpc) is 2.35. The summed E-state index contributed by atoms with van der Waals surface area (Å²) in [5.41, 5.74) is 0.137. The van der Waals surface area contributed by atoms with Gasteiger partial charge in [0.2, 0.25) is 0 Å². The van der Waals surface area contributed by atoms with E-state index < -0.39 is 12.6 Å². The van der Waals surface area contributed by atoms with Crippen LogP contribution >= 0.6 is 11.6 Å². The van der Waals surface area contributed by atoms with Gasteiger partial charge in [0.25, 0.3) is 0 Å². The van der Waals surface area contributed by atoms with Crippen molar-refractivity contribution in [1.82, 2.24) is 0 Å². The van der Waals surface area contributed by atoms with Gasteiger partial charge in [-0.1, -0.05) is 0 Å². The first-order valence-corrected chi connectivity index (χ1v) is 5.23. The summed E-state index contributed by atoms with van der Waals surface area (Å²) in [6.45, 7) is -3.05. The minimum Gasteiger partial charge on any atom is -0.465 e. The lowest BCUT2D eigenvalue weighted by molar-refractivity contribution is -0.0499. The number of carbonyl (C=O) groups excluding carboxylic acids is 1. The molecule has 0 N–H and O–H groups in total. The van der Waals surface area contributed by atoms with Crippen molar-refractivity contribution < 1.29 is 23.0 Å². The molecule has 0 aromatic heterocycles. The predicted molar refractivity (Wildman–Crippen MR) is 58.7 cm³/mol. The third-order valence-corrected chi connectivity index (χ3v) is 2.38. The van der Waals surface area contributed by atoms with Crippen molar-refractivity contribution in [2.45, 2.75) is 12.5 Å². The third-order valence-electron chi connectivity index (χ3n) is 2.11. The van der Waals surface area contributed by atoms with Crippen molar-refractivity contribution in [3.05, 3.63) is 28.8 Å². The van der Waals surface area contributed by atoms with Crippen LogP contribution in [0.4, 0.5) is 8.78 Å². The number of rotatable bonds is 4. The van der Waals surface area contributed by atoms with Gasteiger partial charge < -0.3 is 9.47 Å². The van der Waals surface area contributed by atoms with Crippen LogP contribution in [0.5, 0.6) is 5.75 Å². The molecule has 0 aliphatic carbocycles. The van der Waals surface area contributed by atoms with Crippen LogP contribution in [-0.4, -0.2) is 19.7 Å². The Balaban J connectivity index is 3.37. The van der Waals surface area contributed by atoms with E-state index in [-0.39, 0.29) is 28.3 Å². The maximum absolute atomic E-state index is 12.1. The fraction of sp³-hybridized carbons (Fsp3) is 0.273. The highest BCUT2D eigenvalue weighted by Gasteiger charge is 2.18. The van der Waals surface area contributed by atoms with Crippen LogP contribution in [-0.2, 0) is 10.6 Å². The number of methoxy groups -OCH3 is 1. The molecule has 1 aromatic rings. The lowest BCUT2D eigenvalue weighted by Crippen LogP contribution is -2.09. The first-order chi connectivity index (χ1) is 8.53. The van der Waals surface area contributed by atoms with E-state index in [0.29, 0.717) is 0 Å². The van der Waals surface area contributed by atoms with E-state index in [4.69, 9.17) is 16.9 Å². The van der Waals surface area contributed by atoms with E-state index in [1.165, 1.54) is 0 Å². The van der Waals surface area contributed by atoms with Crippen molar-refractivity contribution in [2.75, 3.05) is 7.11 Å². The summed E-state index contributed by atoms with van der Waals surface area (Å²) in [7, 11) is 1.13. The molecule has 0 amide bonds. The summed E-state index contributed by atoms with van der Waals surface area (Å²) >= 11 is 5.63. The monoisotopic (exact) mass is 275 g/mol. The number of hydrogen-bond donors (Lipinski definition) is 0. The Morgan fingerprint density at radius 2 is 2.22 bits per heavy atom. The highest BCUT2D eigenvalue weighted by molar-refractivity contribution is 6.18. The molecular weight excluding hydrogens is 268 g/mol. The van der Waals surface area contributed by atoms with Crippen LogP contribution in [0.2, 0.25) is 0 Å². The van der Waals surface area contributed by atoms with Gasteiger partial charge in [0, 0.05) is 5.88 Å². The highest BCUT2D eigenvalue weighted by atomic mass is 35.5. The van der Waals surface area contributed by atoms with Gasteiger partial charge in [-0.3, -0.25) is 0 Å². The molecule has 0 spiro atoms. The standard InChI is InChI=1S/C11H8ClF2NO3/c1-17-10(16)8-3-7(18-11(13)14)2-6(5-15)9(8)4-12/h2-3,11H,4H2,1H3. The summed E-state index contributed by atoms with van der Waals surface area (Å²) in [4.78, 5) is 11.5. The highest BCUT2D eigenvalue weighted by Crippen LogP contribution is 2.25. The smallest absolute Gasteiger partial charge is 0.387 e. The van der Waals surface area contributed by atoms with Crippen LogP contribution in [0.3, 0.4) is 0 Å². The van der Waals surface area contributed by atoms with Crippen molar-refractivity contribution in [3.63, 3.8) is 0 Å². The lowest BCUT2D eigenvalue weighted by Gasteiger charge is -2.11. The molecule has 0 heterocycles. The number of nitrogens with zero attached hydrogens (tertiary/aromatic N) is 1. The molecule has 1 rings (SSSR count). The molecule has 1 aromatic carbocycles. The number of hydrogen-bond acceptors (Lipinski definition) is 4. The second kappa shape index (κ2) is 6.17. The van der Waals surface area contributed by atoms with E-state index in [1.807, 2.05) is 0 Å². The minimum absolute atomic E-state index is 0.0106. The Hall–Kier alpha value is -1.87. The zero-order valence-electron chi connectivity index (χ0n) is 9.25. The molecule has 0 aliphatic rings. The van der Waals surface area contributed by atoms with Gasteiger partial charge >= 0.3 is 12.6 Å². The van der Waals surface area contributed by atoms with Crippen LogP contribution in [0.1, 0.15) is 21.5 Å². The SMILES string of the molecule is COC(=O)c1cc(OC(F)F)cc(C#N)c1CCl. The van der Waals surface area contributed by atoms with E-state index in [2.05, 4.69) is 9.47 Å². The van der Waals surface area contributed by atoms with Crippen LogP contribution < -0.4 is 4.74 Å². The largest absolute Gasteiger partial charge is 0.465 e. The van der Waals surface area contributed by atoms with E-state index in [1.54, 1.807) is 6.07 Å². The van der Waals surface area contributed by atoms with E-state index >= 15 is 0 Å². The molecule has 0 unspecified atom stereocenters. The van der Waals surface area contributed by atoms with Crippen LogP contribution in [0.15, 0.2) is 12.1 Å². The second-order valence-electron chi connectivity index (χ2n) is 3.11. The molecule has 18 heavy (non-hydrogen) atoms. The maximum Gasteiger partial charge on any atom is 0.387 e. The topological polar surface area (TPSA) is 59.3 Å². The number of nitriles is 1. The Morgan fingerprint density at radius 1 is 1.56 bits per heavy atom. The summed E-state index contributed by atoms with van der Waals surface area (Å²) in [5.74, 6) is -1.19. The van der Waals surface area contributed by atoms with Gasteiger partial charge in [-0.2, -0.15) is 14.0 Å². The Morgan fingerprint density at radius 3 is 2.67 bits per heavy atom. The number of carbonyl (C=O) groups is 1. The number of alkyl halides is 3. The third kappa shape index (κ3) is 3.08. The second-order valence-corrected chi connectivity index (χ2v) is 3.38. The van der Waals surface area contributed by atoms with Crippen molar-refractivity contribution >= 4 is 17.6 Å². The van der Waals surface area contributed by atoms with E-state index in [0.717, 1.165) is 19.2 Å². The predicted octanol–water partition coefficient (Wildman–Crippen LogP) is 2.69. The maximum atomic E-state index is 12.1. The Labute approximate surface area is 107 Å². The molecule has 0 aliphatic heterocycles. The normalized spacial score (nSPS) is 10.0. The fourth-order valence-corrected chi connectivity index (χ4v) is 1.64. The molecule has 0 bridgehead atoms. The minimum atomic E-state index is -3.05. The Kier molecular flexibility index (Phi) is 4.86. The van der Waals surface area contributed by atoms with E-state index in [9.17, 15) is 13.6 Å². The summed E-state index contributed by atoms with van der Waals surface area (Å²) < 4.78 is 32.9. The van der Waals surface area contributed by atoms with Crippen LogP contribution in [0, 0.1) is 11.3 Å². The summed E-state index contributed by atoms with van der Waals surface area (Å²) in [6.07, 6.45) is 0. The number of benzene rings is 1. The zero-order chi connectivity index (χ0) is 13.7. The molecule has 0 saturated carbocycles. The van der Waals surface area contributed by atoms with Gasteiger partial charge in [-0.05, 0) is 17.7 Å².